The normalized spacial score (nSPS) is 40.4. The minimum atomic E-state index is -0.911. The van der Waals surface area contributed by atoms with Crippen LogP contribution in [0.15, 0.2) is 0 Å². The Balaban J connectivity index is 1.72. The number of Topliss-reactive ketones (excluding diaryl/α,β-unsaturated/α-hetero) is 1. The first-order valence-corrected chi connectivity index (χ1v) is 7.63. The van der Waals surface area contributed by atoms with Gasteiger partial charge in [-0.25, -0.2) is 0 Å². The van der Waals surface area contributed by atoms with E-state index in [4.69, 9.17) is 0 Å². The first-order chi connectivity index (χ1) is 8.87. The molecule has 4 saturated carbocycles. The molecule has 0 aliphatic heterocycles. The summed E-state index contributed by atoms with van der Waals surface area (Å²) < 4.78 is 0. The van der Waals surface area contributed by atoms with Gasteiger partial charge in [-0.05, 0) is 69.6 Å². The Kier molecular flexibility index (Phi) is 2.99. The number of ketones is 1. The number of carboxylic acids is 1. The van der Waals surface area contributed by atoms with Crippen LogP contribution in [0, 0.1) is 35.0 Å². The quantitative estimate of drug-likeness (QED) is 0.848. The van der Waals surface area contributed by atoms with Gasteiger partial charge in [-0.1, -0.05) is 0 Å². The van der Waals surface area contributed by atoms with Crippen molar-refractivity contribution in [1.82, 2.24) is 0 Å². The van der Waals surface area contributed by atoms with Gasteiger partial charge in [0, 0.05) is 12.3 Å². The van der Waals surface area contributed by atoms with Gasteiger partial charge >= 0.3 is 5.97 Å². The molecule has 4 aliphatic rings. The Labute approximate surface area is 114 Å². The Morgan fingerprint density at radius 1 is 1.00 bits per heavy atom. The van der Waals surface area contributed by atoms with Gasteiger partial charge in [-0.2, -0.15) is 0 Å². The van der Waals surface area contributed by atoms with Gasteiger partial charge in [0.2, 0.25) is 0 Å². The van der Waals surface area contributed by atoms with Crippen LogP contribution >= 0.6 is 0 Å². The molecule has 106 valence electrons. The highest BCUT2D eigenvalue weighted by Crippen LogP contribution is 2.57. The number of hydrogen-bond acceptors (Lipinski definition) is 2. The van der Waals surface area contributed by atoms with E-state index in [0.717, 1.165) is 11.8 Å². The van der Waals surface area contributed by atoms with Crippen molar-refractivity contribution in [2.24, 2.45) is 35.0 Å². The average Bonchev–Trinajstić information content (AvgIpc) is 2.26. The third-order valence-electron chi connectivity index (χ3n) is 5.79. The highest BCUT2D eigenvalue weighted by Gasteiger charge is 2.51. The third kappa shape index (κ3) is 2.21. The van der Waals surface area contributed by atoms with E-state index in [1.807, 2.05) is 0 Å². The van der Waals surface area contributed by atoms with Gasteiger partial charge in [0.15, 0.2) is 0 Å². The summed E-state index contributed by atoms with van der Waals surface area (Å²) in [7, 11) is 0. The summed E-state index contributed by atoms with van der Waals surface area (Å²) >= 11 is 0. The molecule has 4 bridgehead atoms. The highest BCUT2D eigenvalue weighted by molar-refractivity contribution is 5.87. The number of aliphatic carboxylic acids is 1. The maximum atomic E-state index is 12.6. The molecule has 0 saturated heterocycles. The smallest absolute Gasteiger partial charge is 0.309 e. The van der Waals surface area contributed by atoms with Crippen LogP contribution in [0.1, 0.15) is 52.4 Å². The van der Waals surface area contributed by atoms with E-state index in [1.165, 1.54) is 32.1 Å². The molecule has 1 N–H and O–H groups in total. The monoisotopic (exact) mass is 264 g/mol. The van der Waals surface area contributed by atoms with Crippen LogP contribution in [0.3, 0.4) is 0 Å². The maximum absolute atomic E-state index is 12.6. The zero-order valence-electron chi connectivity index (χ0n) is 11.9. The van der Waals surface area contributed by atoms with E-state index < -0.39 is 11.4 Å². The van der Waals surface area contributed by atoms with Crippen molar-refractivity contribution in [3.05, 3.63) is 0 Å². The Bertz CT molecular complexity index is 382. The Morgan fingerprint density at radius 3 is 1.89 bits per heavy atom. The SMILES string of the molecule is CC(C)(CC(=O)C1C2CC3CC(C2)CC1C3)C(=O)O. The number of carboxylic acid groups (broad SMARTS) is 1. The lowest BCUT2D eigenvalue weighted by Crippen LogP contribution is -2.48. The second kappa shape index (κ2) is 4.32. The minimum absolute atomic E-state index is 0.173. The average molecular weight is 264 g/mol. The Morgan fingerprint density at radius 2 is 1.47 bits per heavy atom. The van der Waals surface area contributed by atoms with Crippen LogP contribution in [0.5, 0.6) is 0 Å². The first kappa shape index (κ1) is 13.1. The molecule has 0 heterocycles. The van der Waals surface area contributed by atoms with Crippen LogP contribution in [-0.2, 0) is 9.59 Å². The zero-order chi connectivity index (χ0) is 13.8. The van der Waals surface area contributed by atoms with Gasteiger partial charge < -0.3 is 5.11 Å². The van der Waals surface area contributed by atoms with Gasteiger partial charge in [-0.3, -0.25) is 9.59 Å². The van der Waals surface area contributed by atoms with Crippen molar-refractivity contribution < 1.29 is 14.7 Å². The largest absolute Gasteiger partial charge is 0.481 e. The van der Waals surface area contributed by atoms with E-state index in [9.17, 15) is 14.7 Å². The molecular formula is C16H24O3. The van der Waals surface area contributed by atoms with Crippen LogP contribution in [0.2, 0.25) is 0 Å². The fourth-order valence-electron chi connectivity index (χ4n) is 5.08. The van der Waals surface area contributed by atoms with Crippen molar-refractivity contribution in [2.45, 2.75) is 52.4 Å². The molecule has 0 aromatic rings. The molecule has 4 fully saturated rings. The molecule has 0 aromatic heterocycles. The zero-order valence-corrected chi connectivity index (χ0v) is 11.9. The summed E-state index contributed by atoms with van der Waals surface area (Å²) in [5.41, 5.74) is -0.911. The van der Waals surface area contributed by atoms with Gasteiger partial charge in [0.1, 0.15) is 5.78 Å². The van der Waals surface area contributed by atoms with Crippen LogP contribution in [-0.4, -0.2) is 16.9 Å². The van der Waals surface area contributed by atoms with E-state index in [0.29, 0.717) is 11.8 Å². The number of carbonyl (C=O) groups excluding carboxylic acids is 1. The topological polar surface area (TPSA) is 54.4 Å². The summed E-state index contributed by atoms with van der Waals surface area (Å²) in [5, 5.41) is 9.19. The van der Waals surface area contributed by atoms with Crippen molar-refractivity contribution in [1.29, 1.82) is 0 Å². The van der Waals surface area contributed by atoms with Gasteiger partial charge in [0.25, 0.3) is 0 Å². The fourth-order valence-corrected chi connectivity index (χ4v) is 5.08. The molecule has 0 spiro atoms. The van der Waals surface area contributed by atoms with Crippen LogP contribution in [0.4, 0.5) is 0 Å². The molecule has 4 rings (SSSR count). The molecule has 19 heavy (non-hydrogen) atoms. The van der Waals surface area contributed by atoms with Crippen LogP contribution < -0.4 is 0 Å². The summed E-state index contributed by atoms with van der Waals surface area (Å²) in [4.78, 5) is 23.8. The fraction of sp³-hybridized carbons (Fsp3) is 0.875. The molecular weight excluding hydrogens is 240 g/mol. The van der Waals surface area contributed by atoms with Crippen molar-refractivity contribution in [2.75, 3.05) is 0 Å². The van der Waals surface area contributed by atoms with E-state index in [-0.39, 0.29) is 18.1 Å². The summed E-state index contributed by atoms with van der Waals surface area (Å²) in [6.45, 7) is 3.34. The molecule has 3 nitrogen and oxygen atoms in total. The lowest BCUT2D eigenvalue weighted by molar-refractivity contribution is -0.152. The summed E-state index contributed by atoms with van der Waals surface area (Å²) in [6.07, 6.45) is 6.46. The molecule has 0 aromatic carbocycles. The van der Waals surface area contributed by atoms with Crippen molar-refractivity contribution in [3.8, 4) is 0 Å². The Hall–Kier alpha value is -0.860. The lowest BCUT2D eigenvalue weighted by Gasteiger charge is -2.54. The van der Waals surface area contributed by atoms with Gasteiger partial charge in [-0.15, -0.1) is 0 Å². The lowest BCUT2D eigenvalue weighted by atomic mass is 9.50. The van der Waals surface area contributed by atoms with E-state index in [2.05, 4.69) is 0 Å². The number of hydrogen-bond donors (Lipinski definition) is 1. The first-order valence-electron chi connectivity index (χ1n) is 7.63. The third-order valence-corrected chi connectivity index (χ3v) is 5.79. The molecule has 3 heteroatoms. The van der Waals surface area contributed by atoms with E-state index >= 15 is 0 Å². The molecule has 4 aliphatic carbocycles. The van der Waals surface area contributed by atoms with Crippen molar-refractivity contribution in [3.63, 3.8) is 0 Å². The second-order valence-electron chi connectivity index (χ2n) is 7.79. The summed E-state index contributed by atoms with van der Waals surface area (Å²) in [5.74, 6) is 2.39. The molecule has 0 radical (unpaired) electrons. The highest BCUT2D eigenvalue weighted by atomic mass is 16.4. The maximum Gasteiger partial charge on any atom is 0.309 e. The predicted molar refractivity (Wildman–Crippen MR) is 71.6 cm³/mol. The minimum Gasteiger partial charge on any atom is -0.481 e. The molecule has 0 unspecified atom stereocenters. The second-order valence-corrected chi connectivity index (χ2v) is 7.79. The molecule has 0 atom stereocenters. The van der Waals surface area contributed by atoms with E-state index in [1.54, 1.807) is 13.8 Å². The van der Waals surface area contributed by atoms with Crippen molar-refractivity contribution >= 4 is 11.8 Å². The van der Waals surface area contributed by atoms with Gasteiger partial charge in [0.05, 0.1) is 5.41 Å². The number of carbonyl (C=O) groups is 2. The standard InChI is InChI=1S/C16H24O3/c1-16(2,15(18)19)8-13(17)14-11-4-9-3-10(6-11)7-12(14)5-9/h9-12,14H,3-8H2,1-2H3,(H,18,19). The number of rotatable bonds is 4. The summed E-state index contributed by atoms with van der Waals surface area (Å²) in [6, 6.07) is 0. The van der Waals surface area contributed by atoms with Crippen LogP contribution in [0.25, 0.3) is 0 Å². The predicted octanol–water partition coefficient (Wildman–Crippen LogP) is 3.13. The molecule has 0 amide bonds.